The van der Waals surface area contributed by atoms with E-state index in [-0.39, 0.29) is 5.91 Å². The number of benzene rings is 2. The van der Waals surface area contributed by atoms with Gasteiger partial charge in [0.15, 0.2) is 11.5 Å². The molecule has 0 unspecified atom stereocenters. The van der Waals surface area contributed by atoms with E-state index in [9.17, 15) is 4.79 Å². The summed E-state index contributed by atoms with van der Waals surface area (Å²) in [6.07, 6.45) is 0. The second-order valence-electron chi connectivity index (χ2n) is 6.44. The number of anilines is 1. The summed E-state index contributed by atoms with van der Waals surface area (Å²) in [5.41, 5.74) is 3.79. The highest BCUT2D eigenvalue weighted by Gasteiger charge is 2.13. The number of nitrogens with zero attached hydrogens (tertiary/aromatic N) is 2. The van der Waals surface area contributed by atoms with E-state index in [0.29, 0.717) is 34.7 Å². The molecule has 0 radical (unpaired) electrons. The first-order chi connectivity index (χ1) is 14.0. The number of aryl methyl sites for hydroxylation is 2. The average molecular weight is 413 g/mol. The minimum absolute atomic E-state index is 0.0680. The second-order valence-corrected chi connectivity index (χ2v) is 7.43. The van der Waals surface area contributed by atoms with Gasteiger partial charge in [-0.25, -0.2) is 0 Å². The number of rotatable bonds is 8. The maximum atomic E-state index is 12.2. The zero-order valence-electron chi connectivity index (χ0n) is 16.8. The van der Waals surface area contributed by atoms with Gasteiger partial charge in [-0.1, -0.05) is 22.9 Å². The Morgan fingerprint density at radius 3 is 2.62 bits per heavy atom. The number of thioether (sulfide) groups is 1. The van der Waals surface area contributed by atoms with Gasteiger partial charge < -0.3 is 19.3 Å². The number of amides is 1. The van der Waals surface area contributed by atoms with Crippen molar-refractivity contribution in [3.05, 3.63) is 53.4 Å². The highest BCUT2D eigenvalue weighted by molar-refractivity contribution is 7.99. The summed E-state index contributed by atoms with van der Waals surface area (Å²) in [5.74, 6) is 2.81. The predicted octanol–water partition coefficient (Wildman–Crippen LogP) is 4.24. The van der Waals surface area contributed by atoms with Crippen LogP contribution in [0.5, 0.6) is 11.5 Å². The molecule has 7 nitrogen and oxygen atoms in total. The van der Waals surface area contributed by atoms with E-state index < -0.39 is 0 Å². The molecular weight excluding hydrogens is 390 g/mol. The molecule has 3 aromatic rings. The number of hydrogen-bond donors (Lipinski definition) is 1. The van der Waals surface area contributed by atoms with E-state index in [1.54, 1.807) is 26.4 Å². The summed E-state index contributed by atoms with van der Waals surface area (Å²) in [5, 5.41) is 6.93. The summed E-state index contributed by atoms with van der Waals surface area (Å²) >= 11 is 1.41. The topological polar surface area (TPSA) is 86.5 Å². The first-order valence-electron chi connectivity index (χ1n) is 9.00. The van der Waals surface area contributed by atoms with Gasteiger partial charge in [-0.3, -0.25) is 4.79 Å². The van der Waals surface area contributed by atoms with Crippen LogP contribution in [0.4, 0.5) is 5.69 Å². The summed E-state index contributed by atoms with van der Waals surface area (Å²) in [6, 6.07) is 11.3. The van der Waals surface area contributed by atoms with Crippen molar-refractivity contribution in [2.45, 2.75) is 19.6 Å². The molecule has 3 rings (SSSR count). The van der Waals surface area contributed by atoms with Crippen molar-refractivity contribution < 1.29 is 18.8 Å². The molecule has 0 fully saturated rings. The molecule has 0 saturated heterocycles. The minimum Gasteiger partial charge on any atom is -0.493 e. The Morgan fingerprint density at radius 2 is 1.90 bits per heavy atom. The largest absolute Gasteiger partial charge is 0.493 e. The van der Waals surface area contributed by atoms with E-state index in [0.717, 1.165) is 22.4 Å². The van der Waals surface area contributed by atoms with Crippen LogP contribution in [-0.4, -0.2) is 36.0 Å². The fourth-order valence-corrected chi connectivity index (χ4v) is 3.43. The van der Waals surface area contributed by atoms with Gasteiger partial charge in [-0.05, 0) is 43.7 Å². The number of nitrogens with one attached hydrogen (secondary N) is 1. The van der Waals surface area contributed by atoms with Crippen molar-refractivity contribution in [3.8, 4) is 22.9 Å². The Morgan fingerprint density at radius 1 is 1.10 bits per heavy atom. The molecular formula is C21H23N3O4S. The zero-order chi connectivity index (χ0) is 20.8. The lowest BCUT2D eigenvalue weighted by atomic mass is 10.1. The minimum atomic E-state index is -0.0680. The van der Waals surface area contributed by atoms with E-state index in [1.165, 1.54) is 11.8 Å². The zero-order valence-corrected chi connectivity index (χ0v) is 17.6. The van der Waals surface area contributed by atoms with E-state index in [1.807, 2.05) is 38.1 Å². The van der Waals surface area contributed by atoms with Crippen LogP contribution in [0, 0.1) is 13.8 Å². The monoisotopic (exact) mass is 413 g/mol. The molecule has 0 aliphatic rings. The van der Waals surface area contributed by atoms with Crippen LogP contribution in [-0.2, 0) is 10.5 Å². The maximum Gasteiger partial charge on any atom is 0.236 e. The van der Waals surface area contributed by atoms with Crippen LogP contribution in [0.1, 0.15) is 17.0 Å². The molecule has 2 aromatic carbocycles. The summed E-state index contributed by atoms with van der Waals surface area (Å²) < 4.78 is 15.8. The Kier molecular flexibility index (Phi) is 6.77. The number of methoxy groups -OCH3 is 2. The third-order valence-corrected chi connectivity index (χ3v) is 5.14. The van der Waals surface area contributed by atoms with Crippen LogP contribution in [0.3, 0.4) is 0 Å². The Labute approximate surface area is 173 Å². The number of ether oxygens (including phenoxy) is 2. The van der Waals surface area contributed by atoms with Gasteiger partial charge in [0, 0.05) is 11.3 Å². The highest BCUT2D eigenvalue weighted by Crippen LogP contribution is 2.31. The van der Waals surface area contributed by atoms with E-state index >= 15 is 0 Å². The lowest BCUT2D eigenvalue weighted by Crippen LogP contribution is -2.15. The molecule has 152 valence electrons. The molecule has 1 heterocycles. The highest BCUT2D eigenvalue weighted by atomic mass is 32.2. The summed E-state index contributed by atoms with van der Waals surface area (Å²) in [7, 11) is 3.15. The van der Waals surface area contributed by atoms with Gasteiger partial charge in [0.2, 0.25) is 17.6 Å². The van der Waals surface area contributed by atoms with Gasteiger partial charge >= 0.3 is 0 Å². The summed E-state index contributed by atoms with van der Waals surface area (Å²) in [6.45, 7) is 4.00. The first kappa shape index (κ1) is 20.7. The lowest BCUT2D eigenvalue weighted by Gasteiger charge is -2.08. The Balaban J connectivity index is 1.55. The number of carbonyl (C=O) groups excluding carboxylic acids is 1. The van der Waals surface area contributed by atoms with Crippen LogP contribution in [0.25, 0.3) is 11.4 Å². The molecule has 0 atom stereocenters. The van der Waals surface area contributed by atoms with Crippen LogP contribution in [0.15, 0.2) is 40.9 Å². The number of hydrogen-bond acceptors (Lipinski definition) is 7. The number of carbonyl (C=O) groups is 1. The average Bonchev–Trinajstić information content (AvgIpc) is 3.18. The molecule has 1 aromatic heterocycles. The van der Waals surface area contributed by atoms with Crippen molar-refractivity contribution in [3.63, 3.8) is 0 Å². The molecule has 1 amide bonds. The molecule has 0 bridgehead atoms. The summed E-state index contributed by atoms with van der Waals surface area (Å²) in [4.78, 5) is 16.6. The van der Waals surface area contributed by atoms with Crippen molar-refractivity contribution in [1.82, 2.24) is 10.1 Å². The smallest absolute Gasteiger partial charge is 0.236 e. The van der Waals surface area contributed by atoms with Crippen molar-refractivity contribution >= 4 is 23.4 Å². The van der Waals surface area contributed by atoms with E-state index in [4.69, 9.17) is 14.0 Å². The van der Waals surface area contributed by atoms with Gasteiger partial charge in [-0.15, -0.1) is 11.8 Å². The molecule has 1 N–H and O–H groups in total. The second kappa shape index (κ2) is 9.47. The van der Waals surface area contributed by atoms with Crippen molar-refractivity contribution in [1.29, 1.82) is 0 Å². The van der Waals surface area contributed by atoms with Gasteiger partial charge in [0.05, 0.1) is 25.7 Å². The van der Waals surface area contributed by atoms with Crippen LogP contribution < -0.4 is 14.8 Å². The molecule has 29 heavy (non-hydrogen) atoms. The van der Waals surface area contributed by atoms with Gasteiger partial charge in [-0.2, -0.15) is 4.98 Å². The lowest BCUT2D eigenvalue weighted by molar-refractivity contribution is -0.113. The SMILES string of the molecule is COc1ccc(-c2noc(CSCC(=O)Nc3ccc(C)cc3C)n2)cc1OC. The number of aromatic nitrogens is 2. The fourth-order valence-electron chi connectivity index (χ4n) is 2.78. The van der Waals surface area contributed by atoms with Crippen LogP contribution in [0.2, 0.25) is 0 Å². The van der Waals surface area contributed by atoms with Gasteiger partial charge in [0.1, 0.15) is 0 Å². The third-order valence-electron chi connectivity index (χ3n) is 4.22. The van der Waals surface area contributed by atoms with E-state index in [2.05, 4.69) is 15.5 Å². The molecule has 0 spiro atoms. The Hall–Kier alpha value is -3.00. The molecule has 0 saturated carbocycles. The quantitative estimate of drug-likeness (QED) is 0.591. The predicted molar refractivity (Wildman–Crippen MR) is 114 cm³/mol. The van der Waals surface area contributed by atoms with Crippen molar-refractivity contribution in [2.75, 3.05) is 25.3 Å². The molecule has 0 aliphatic carbocycles. The maximum absolute atomic E-state index is 12.2. The van der Waals surface area contributed by atoms with Gasteiger partial charge in [0.25, 0.3) is 0 Å². The molecule has 0 aliphatic heterocycles. The van der Waals surface area contributed by atoms with Crippen LogP contribution >= 0.6 is 11.8 Å². The first-order valence-corrected chi connectivity index (χ1v) is 10.2. The molecule has 8 heteroatoms. The standard InChI is InChI=1S/C21H23N3O4S/c1-13-5-7-16(14(2)9-13)22-19(25)11-29-12-20-23-21(24-28-20)15-6-8-17(26-3)18(10-15)27-4/h5-10H,11-12H2,1-4H3,(H,22,25). The normalized spacial score (nSPS) is 10.6. The Bertz CT molecular complexity index is 1000. The third kappa shape index (κ3) is 5.29. The fraction of sp³-hybridized carbons (Fsp3) is 0.286. The van der Waals surface area contributed by atoms with Crippen molar-refractivity contribution in [2.24, 2.45) is 0 Å².